The summed E-state index contributed by atoms with van der Waals surface area (Å²) < 4.78 is 0. The maximum absolute atomic E-state index is 5.93. The Bertz CT molecular complexity index is 706. The lowest BCUT2D eigenvalue weighted by molar-refractivity contribution is 1.52. The molecule has 0 aliphatic heterocycles. The van der Waals surface area contributed by atoms with Gasteiger partial charge in [-0.2, -0.15) is 0 Å². The van der Waals surface area contributed by atoms with Crippen LogP contribution in [0.4, 0.5) is 28.4 Å². The summed E-state index contributed by atoms with van der Waals surface area (Å²) >= 11 is 0. The molecule has 3 rings (SSSR count). The molecule has 0 radical (unpaired) electrons. The van der Waals surface area contributed by atoms with Gasteiger partial charge in [-0.05, 0) is 48.5 Å². The highest BCUT2D eigenvalue weighted by molar-refractivity contribution is 5.73. The second-order valence-corrected chi connectivity index (χ2v) is 4.78. The summed E-state index contributed by atoms with van der Waals surface area (Å²) in [5, 5.41) is 6.66. The number of para-hydroxylation sites is 3. The monoisotopic (exact) mass is 275 g/mol. The van der Waals surface area contributed by atoms with Crippen LogP contribution in [-0.2, 0) is 0 Å². The summed E-state index contributed by atoms with van der Waals surface area (Å²) in [7, 11) is 0. The van der Waals surface area contributed by atoms with Gasteiger partial charge < -0.3 is 16.4 Å². The van der Waals surface area contributed by atoms with Crippen molar-refractivity contribution < 1.29 is 0 Å². The Morgan fingerprint density at radius 2 is 1.05 bits per heavy atom. The third-order valence-electron chi connectivity index (χ3n) is 3.19. The van der Waals surface area contributed by atoms with Gasteiger partial charge in [-0.1, -0.05) is 30.3 Å². The molecule has 0 amide bonds. The highest BCUT2D eigenvalue weighted by atomic mass is 14.9. The number of nitrogens with one attached hydrogen (secondary N) is 2. The molecule has 0 aliphatic carbocycles. The maximum Gasteiger partial charge on any atom is 0.0617 e. The maximum atomic E-state index is 5.93. The average molecular weight is 275 g/mol. The van der Waals surface area contributed by atoms with Crippen molar-refractivity contribution in [3.05, 3.63) is 78.9 Å². The number of hydrogen-bond donors (Lipinski definition) is 3. The fourth-order valence-electron chi connectivity index (χ4n) is 2.09. The molecular formula is C18H17N3. The fraction of sp³-hybridized carbons (Fsp3) is 0. The number of nitrogens with two attached hydrogens (primary N) is 1. The lowest BCUT2D eigenvalue weighted by atomic mass is 10.2. The number of nitrogen functional groups attached to an aromatic ring is 1. The van der Waals surface area contributed by atoms with Gasteiger partial charge in [-0.3, -0.25) is 0 Å². The quantitative estimate of drug-likeness (QED) is 0.602. The second-order valence-electron chi connectivity index (χ2n) is 4.78. The van der Waals surface area contributed by atoms with Crippen LogP contribution in [0.25, 0.3) is 0 Å². The Hall–Kier alpha value is -2.94. The number of hydrogen-bond acceptors (Lipinski definition) is 3. The largest absolute Gasteiger partial charge is 0.397 e. The zero-order chi connectivity index (χ0) is 14.5. The van der Waals surface area contributed by atoms with Gasteiger partial charge >= 0.3 is 0 Å². The van der Waals surface area contributed by atoms with E-state index in [0.29, 0.717) is 0 Å². The van der Waals surface area contributed by atoms with Crippen molar-refractivity contribution in [1.29, 1.82) is 0 Å². The molecule has 3 heteroatoms. The topological polar surface area (TPSA) is 50.1 Å². The van der Waals surface area contributed by atoms with Crippen molar-refractivity contribution in [3.8, 4) is 0 Å². The molecule has 0 unspecified atom stereocenters. The van der Waals surface area contributed by atoms with Crippen molar-refractivity contribution in [2.45, 2.75) is 0 Å². The van der Waals surface area contributed by atoms with Crippen LogP contribution >= 0.6 is 0 Å². The number of anilines is 5. The van der Waals surface area contributed by atoms with Crippen molar-refractivity contribution >= 4 is 28.4 Å². The minimum Gasteiger partial charge on any atom is -0.397 e. The predicted molar refractivity (Wildman–Crippen MR) is 90.3 cm³/mol. The number of benzene rings is 3. The first kappa shape index (κ1) is 13.1. The first-order chi connectivity index (χ1) is 10.3. The molecule has 0 spiro atoms. The van der Waals surface area contributed by atoms with Crippen molar-refractivity contribution in [2.24, 2.45) is 0 Å². The van der Waals surface area contributed by atoms with Crippen LogP contribution < -0.4 is 16.4 Å². The summed E-state index contributed by atoms with van der Waals surface area (Å²) in [6, 6.07) is 26.0. The SMILES string of the molecule is Nc1ccccc1Nc1ccc(Nc2ccccc2)cc1. The summed E-state index contributed by atoms with van der Waals surface area (Å²) in [6.45, 7) is 0. The van der Waals surface area contributed by atoms with E-state index in [-0.39, 0.29) is 0 Å². The van der Waals surface area contributed by atoms with Crippen LogP contribution in [-0.4, -0.2) is 0 Å². The van der Waals surface area contributed by atoms with E-state index in [1.165, 1.54) is 0 Å². The van der Waals surface area contributed by atoms with E-state index < -0.39 is 0 Å². The first-order valence-corrected chi connectivity index (χ1v) is 6.85. The normalized spacial score (nSPS) is 10.1. The second kappa shape index (κ2) is 6.01. The molecule has 0 bridgehead atoms. The van der Waals surface area contributed by atoms with E-state index in [1.54, 1.807) is 0 Å². The van der Waals surface area contributed by atoms with Gasteiger partial charge in [0, 0.05) is 17.1 Å². The standard InChI is InChI=1S/C18H17N3/c19-17-8-4-5-9-18(17)21-16-12-10-15(11-13-16)20-14-6-2-1-3-7-14/h1-13,20-21H,19H2. The van der Waals surface area contributed by atoms with Crippen LogP contribution in [0.2, 0.25) is 0 Å². The summed E-state index contributed by atoms with van der Waals surface area (Å²) in [5.74, 6) is 0. The number of rotatable bonds is 4. The molecule has 104 valence electrons. The summed E-state index contributed by atoms with van der Waals surface area (Å²) in [6.07, 6.45) is 0. The zero-order valence-corrected chi connectivity index (χ0v) is 11.6. The Balaban J connectivity index is 1.71. The molecule has 0 fully saturated rings. The molecule has 0 aliphatic rings. The molecule has 3 nitrogen and oxygen atoms in total. The van der Waals surface area contributed by atoms with Gasteiger partial charge in [0.2, 0.25) is 0 Å². The molecule has 3 aromatic carbocycles. The molecule has 0 heterocycles. The Morgan fingerprint density at radius 3 is 1.71 bits per heavy atom. The van der Waals surface area contributed by atoms with Crippen LogP contribution in [0, 0.1) is 0 Å². The van der Waals surface area contributed by atoms with Crippen molar-refractivity contribution in [3.63, 3.8) is 0 Å². The van der Waals surface area contributed by atoms with E-state index in [2.05, 4.69) is 10.6 Å². The summed E-state index contributed by atoms with van der Waals surface area (Å²) in [5.41, 5.74) is 10.7. The molecule has 0 aromatic heterocycles. The molecule has 0 saturated carbocycles. The lowest BCUT2D eigenvalue weighted by Crippen LogP contribution is -1.96. The highest BCUT2D eigenvalue weighted by Gasteiger charge is 1.99. The van der Waals surface area contributed by atoms with Gasteiger partial charge in [0.05, 0.1) is 11.4 Å². The first-order valence-electron chi connectivity index (χ1n) is 6.85. The molecule has 4 N–H and O–H groups in total. The fourth-order valence-corrected chi connectivity index (χ4v) is 2.09. The van der Waals surface area contributed by atoms with Crippen molar-refractivity contribution in [2.75, 3.05) is 16.4 Å². The highest BCUT2D eigenvalue weighted by Crippen LogP contribution is 2.24. The Morgan fingerprint density at radius 1 is 0.524 bits per heavy atom. The predicted octanol–water partition coefficient (Wildman–Crippen LogP) is 4.76. The molecule has 3 aromatic rings. The van der Waals surface area contributed by atoms with Gasteiger partial charge in [-0.25, -0.2) is 0 Å². The third kappa shape index (κ3) is 3.34. The van der Waals surface area contributed by atoms with Crippen LogP contribution in [0.1, 0.15) is 0 Å². The van der Waals surface area contributed by atoms with Crippen LogP contribution in [0.5, 0.6) is 0 Å². The van der Waals surface area contributed by atoms with E-state index in [0.717, 1.165) is 28.4 Å². The molecule has 0 atom stereocenters. The van der Waals surface area contributed by atoms with E-state index in [9.17, 15) is 0 Å². The lowest BCUT2D eigenvalue weighted by Gasteiger charge is -2.10. The van der Waals surface area contributed by atoms with Crippen molar-refractivity contribution in [1.82, 2.24) is 0 Å². The van der Waals surface area contributed by atoms with E-state index >= 15 is 0 Å². The van der Waals surface area contributed by atoms with Gasteiger partial charge in [0.15, 0.2) is 0 Å². The van der Waals surface area contributed by atoms with Crippen LogP contribution in [0.3, 0.4) is 0 Å². The smallest absolute Gasteiger partial charge is 0.0617 e. The van der Waals surface area contributed by atoms with E-state index in [1.807, 2.05) is 78.9 Å². The van der Waals surface area contributed by atoms with Crippen LogP contribution in [0.15, 0.2) is 78.9 Å². The Labute approximate surface area is 124 Å². The zero-order valence-electron chi connectivity index (χ0n) is 11.6. The molecular weight excluding hydrogens is 258 g/mol. The van der Waals surface area contributed by atoms with E-state index in [4.69, 9.17) is 5.73 Å². The van der Waals surface area contributed by atoms with Gasteiger partial charge in [0.1, 0.15) is 0 Å². The van der Waals surface area contributed by atoms with Gasteiger partial charge in [0.25, 0.3) is 0 Å². The Kier molecular flexibility index (Phi) is 3.74. The van der Waals surface area contributed by atoms with Gasteiger partial charge in [-0.15, -0.1) is 0 Å². The molecule has 21 heavy (non-hydrogen) atoms. The minimum atomic E-state index is 0.740. The molecule has 0 saturated heterocycles. The summed E-state index contributed by atoms with van der Waals surface area (Å²) in [4.78, 5) is 0. The average Bonchev–Trinajstić information content (AvgIpc) is 2.52. The third-order valence-corrected chi connectivity index (χ3v) is 3.19. The minimum absolute atomic E-state index is 0.740.